The zero-order valence-corrected chi connectivity index (χ0v) is 10.6. The van der Waals surface area contributed by atoms with E-state index in [1.165, 1.54) is 0 Å². The Morgan fingerprint density at radius 1 is 1.56 bits per heavy atom. The van der Waals surface area contributed by atoms with Gasteiger partial charge in [0.25, 0.3) is 0 Å². The summed E-state index contributed by atoms with van der Waals surface area (Å²) in [4.78, 5) is 14.2. The Bertz CT molecular complexity index is 258. The van der Waals surface area contributed by atoms with Gasteiger partial charge in [0.05, 0.1) is 11.0 Å². The lowest BCUT2D eigenvalue weighted by Gasteiger charge is -2.35. The molecule has 2 N–H and O–H groups in total. The van der Waals surface area contributed by atoms with E-state index in [0.29, 0.717) is 18.0 Å². The summed E-state index contributed by atoms with van der Waals surface area (Å²) in [5.74, 6) is 0.148. The van der Waals surface area contributed by atoms with Crippen molar-refractivity contribution in [2.75, 3.05) is 20.3 Å². The number of thiocarbonyl (C=S) groups is 1. The fourth-order valence-electron chi connectivity index (χ4n) is 2.04. The predicted molar refractivity (Wildman–Crippen MR) is 67.2 cm³/mol. The molecule has 1 aliphatic rings. The Hall–Kier alpha value is -0.680. The van der Waals surface area contributed by atoms with Gasteiger partial charge < -0.3 is 15.4 Å². The number of methoxy groups -OCH3 is 1. The van der Waals surface area contributed by atoms with Crippen molar-refractivity contribution in [2.24, 2.45) is 5.73 Å². The highest BCUT2D eigenvalue weighted by molar-refractivity contribution is 7.80. The van der Waals surface area contributed by atoms with Crippen LogP contribution in [0.15, 0.2) is 0 Å². The summed E-state index contributed by atoms with van der Waals surface area (Å²) in [7, 11) is 1.64. The number of amides is 1. The molecule has 0 aromatic rings. The van der Waals surface area contributed by atoms with E-state index in [-0.39, 0.29) is 11.9 Å². The molecule has 0 saturated carbocycles. The molecule has 5 heteroatoms. The van der Waals surface area contributed by atoms with Crippen molar-refractivity contribution in [3.8, 4) is 0 Å². The largest absolute Gasteiger partial charge is 0.392 e. The number of nitrogens with zero attached hydrogens (tertiary/aromatic N) is 1. The quantitative estimate of drug-likeness (QED) is 0.581. The Kier molecular flexibility index (Phi) is 5.69. The van der Waals surface area contributed by atoms with Gasteiger partial charge in [-0.15, -0.1) is 0 Å². The number of carbonyl (C=O) groups is 1. The first-order valence-electron chi connectivity index (χ1n) is 5.74. The van der Waals surface area contributed by atoms with Crippen molar-refractivity contribution in [2.45, 2.75) is 38.1 Å². The molecular weight excluding hydrogens is 224 g/mol. The molecule has 1 saturated heterocycles. The molecule has 1 fully saturated rings. The van der Waals surface area contributed by atoms with Crippen molar-refractivity contribution in [3.63, 3.8) is 0 Å². The van der Waals surface area contributed by atoms with E-state index in [2.05, 4.69) is 0 Å². The second kappa shape index (κ2) is 6.81. The minimum absolute atomic E-state index is 0.0289. The average Bonchev–Trinajstić information content (AvgIpc) is 2.29. The fourth-order valence-corrected chi connectivity index (χ4v) is 2.28. The zero-order valence-electron chi connectivity index (χ0n) is 9.78. The summed E-state index contributed by atoms with van der Waals surface area (Å²) in [5.41, 5.74) is 5.66. The van der Waals surface area contributed by atoms with Crippen LogP contribution < -0.4 is 5.73 Å². The van der Waals surface area contributed by atoms with Crippen LogP contribution in [0.4, 0.5) is 0 Å². The molecule has 92 valence electrons. The van der Waals surface area contributed by atoms with Crippen LogP contribution in [0.1, 0.15) is 32.1 Å². The molecule has 1 unspecified atom stereocenters. The first-order chi connectivity index (χ1) is 7.66. The number of hydrogen-bond donors (Lipinski definition) is 1. The highest BCUT2D eigenvalue weighted by Gasteiger charge is 2.27. The minimum atomic E-state index is -0.0289. The molecule has 1 aliphatic heterocycles. The van der Waals surface area contributed by atoms with Crippen LogP contribution in [0.25, 0.3) is 0 Å². The lowest BCUT2D eigenvalue weighted by atomic mass is 10.0. The molecule has 1 atom stereocenters. The van der Waals surface area contributed by atoms with Crippen LogP contribution in [-0.2, 0) is 9.53 Å². The first kappa shape index (κ1) is 13.4. The molecule has 0 spiro atoms. The Morgan fingerprint density at radius 3 is 2.94 bits per heavy atom. The molecular formula is C11H20N2O2S. The smallest absolute Gasteiger partial charge is 0.223 e. The second-order valence-electron chi connectivity index (χ2n) is 4.10. The number of rotatable bonds is 5. The topological polar surface area (TPSA) is 55.6 Å². The molecule has 0 aromatic heterocycles. The van der Waals surface area contributed by atoms with Gasteiger partial charge in [-0.3, -0.25) is 4.79 Å². The van der Waals surface area contributed by atoms with Gasteiger partial charge in [0.15, 0.2) is 0 Å². The summed E-state index contributed by atoms with van der Waals surface area (Å²) in [6, 6.07) is -0.0289. The van der Waals surface area contributed by atoms with Crippen molar-refractivity contribution in [1.82, 2.24) is 4.90 Å². The monoisotopic (exact) mass is 244 g/mol. The fraction of sp³-hybridized carbons (Fsp3) is 0.818. The van der Waals surface area contributed by atoms with Gasteiger partial charge in [-0.25, -0.2) is 0 Å². The number of hydrogen-bond acceptors (Lipinski definition) is 3. The minimum Gasteiger partial charge on any atom is -0.392 e. The van der Waals surface area contributed by atoms with Gasteiger partial charge in [-0.2, -0.15) is 0 Å². The van der Waals surface area contributed by atoms with Crippen LogP contribution in [0.3, 0.4) is 0 Å². The van der Waals surface area contributed by atoms with Gasteiger partial charge in [0.1, 0.15) is 0 Å². The molecule has 0 aromatic carbocycles. The SMILES string of the molecule is COCCCC(=O)N1CCCCC1C(N)=S. The maximum Gasteiger partial charge on any atom is 0.223 e. The van der Waals surface area contributed by atoms with Crippen molar-refractivity contribution in [3.05, 3.63) is 0 Å². The van der Waals surface area contributed by atoms with Crippen molar-refractivity contribution >= 4 is 23.1 Å². The number of carbonyl (C=O) groups excluding carboxylic acids is 1. The third kappa shape index (κ3) is 3.72. The van der Waals surface area contributed by atoms with Crippen LogP contribution >= 0.6 is 12.2 Å². The zero-order chi connectivity index (χ0) is 12.0. The van der Waals surface area contributed by atoms with E-state index < -0.39 is 0 Å². The van der Waals surface area contributed by atoms with Gasteiger partial charge in [0, 0.05) is 26.7 Å². The molecule has 4 nitrogen and oxygen atoms in total. The maximum absolute atomic E-state index is 11.9. The third-order valence-electron chi connectivity index (χ3n) is 2.89. The van der Waals surface area contributed by atoms with E-state index >= 15 is 0 Å². The summed E-state index contributed by atoms with van der Waals surface area (Å²) in [6.45, 7) is 1.41. The normalized spacial score (nSPS) is 20.8. The lowest BCUT2D eigenvalue weighted by molar-refractivity contribution is -0.133. The molecule has 16 heavy (non-hydrogen) atoms. The second-order valence-corrected chi connectivity index (χ2v) is 4.57. The van der Waals surface area contributed by atoms with E-state index in [9.17, 15) is 4.79 Å². The Balaban J connectivity index is 2.47. The van der Waals surface area contributed by atoms with E-state index in [0.717, 1.165) is 32.2 Å². The third-order valence-corrected chi connectivity index (χ3v) is 3.16. The number of nitrogens with two attached hydrogens (primary N) is 1. The lowest BCUT2D eigenvalue weighted by Crippen LogP contribution is -2.49. The predicted octanol–water partition coefficient (Wildman–Crippen LogP) is 1.08. The van der Waals surface area contributed by atoms with Crippen LogP contribution in [-0.4, -0.2) is 42.1 Å². The van der Waals surface area contributed by atoms with Crippen molar-refractivity contribution in [1.29, 1.82) is 0 Å². The Labute approximate surface area is 102 Å². The molecule has 0 bridgehead atoms. The first-order valence-corrected chi connectivity index (χ1v) is 6.15. The maximum atomic E-state index is 11.9. The molecule has 0 radical (unpaired) electrons. The summed E-state index contributed by atoms with van der Waals surface area (Å²) in [5, 5.41) is 0. The Morgan fingerprint density at radius 2 is 2.31 bits per heavy atom. The molecule has 1 heterocycles. The van der Waals surface area contributed by atoms with Crippen LogP contribution in [0.5, 0.6) is 0 Å². The number of likely N-dealkylation sites (tertiary alicyclic amines) is 1. The van der Waals surface area contributed by atoms with Crippen molar-refractivity contribution < 1.29 is 9.53 Å². The van der Waals surface area contributed by atoms with E-state index in [1.807, 2.05) is 4.90 Å². The average molecular weight is 244 g/mol. The van der Waals surface area contributed by atoms with Crippen LogP contribution in [0.2, 0.25) is 0 Å². The van der Waals surface area contributed by atoms with Crippen LogP contribution in [0, 0.1) is 0 Å². The van der Waals surface area contributed by atoms with Gasteiger partial charge in [-0.05, 0) is 25.7 Å². The van der Waals surface area contributed by atoms with E-state index in [1.54, 1.807) is 7.11 Å². The number of ether oxygens (including phenoxy) is 1. The highest BCUT2D eigenvalue weighted by Crippen LogP contribution is 2.18. The number of piperidine rings is 1. The molecule has 0 aliphatic carbocycles. The summed E-state index contributed by atoms with van der Waals surface area (Å²) >= 11 is 5.01. The van der Waals surface area contributed by atoms with Gasteiger partial charge in [0.2, 0.25) is 5.91 Å². The summed E-state index contributed by atoms with van der Waals surface area (Å²) in [6.07, 6.45) is 4.34. The van der Waals surface area contributed by atoms with Gasteiger partial charge in [-0.1, -0.05) is 12.2 Å². The molecule has 1 rings (SSSR count). The summed E-state index contributed by atoms with van der Waals surface area (Å²) < 4.78 is 4.93. The molecule has 1 amide bonds. The highest BCUT2D eigenvalue weighted by atomic mass is 32.1. The van der Waals surface area contributed by atoms with E-state index in [4.69, 9.17) is 22.7 Å². The standard InChI is InChI=1S/C11H20N2O2S/c1-15-8-4-6-10(14)13-7-3-2-5-9(13)11(12)16/h9H,2-8H2,1H3,(H2,12,16). The van der Waals surface area contributed by atoms with Gasteiger partial charge >= 0.3 is 0 Å².